The first-order valence-electron chi connectivity index (χ1n) is 11.4. The Morgan fingerprint density at radius 1 is 0.971 bits per heavy atom. The third-order valence-electron chi connectivity index (χ3n) is 6.08. The van der Waals surface area contributed by atoms with Crippen molar-refractivity contribution in [2.24, 2.45) is 0 Å². The summed E-state index contributed by atoms with van der Waals surface area (Å²) in [6, 6.07) is 17.7. The smallest absolute Gasteiger partial charge is 0.262 e. The number of anilines is 2. The lowest BCUT2D eigenvalue weighted by Crippen LogP contribution is -2.35. The fourth-order valence-electron chi connectivity index (χ4n) is 4.17. The molecule has 0 spiro atoms. The number of ether oxygens (including phenoxy) is 1. The monoisotopic (exact) mass is 497 g/mol. The summed E-state index contributed by atoms with van der Waals surface area (Å²) in [5, 5.41) is 0. The summed E-state index contributed by atoms with van der Waals surface area (Å²) < 4.78 is 47.6. The predicted octanol–water partition coefficient (Wildman–Crippen LogP) is 4.30. The number of benzene rings is 3. The van der Waals surface area contributed by atoms with Gasteiger partial charge in [-0.3, -0.25) is 9.52 Å². The zero-order valence-electron chi connectivity index (χ0n) is 19.7. The molecule has 0 atom stereocenters. The topological polar surface area (TPSA) is 79.0 Å². The molecule has 1 N–H and O–H groups in total. The van der Waals surface area contributed by atoms with Gasteiger partial charge in [0.25, 0.3) is 15.9 Å². The number of halogens is 1. The van der Waals surface area contributed by atoms with Gasteiger partial charge in [0.05, 0.1) is 23.4 Å². The number of hydrogen-bond donors (Lipinski definition) is 1. The maximum atomic E-state index is 14.0. The Bertz CT molecular complexity index is 1330. The van der Waals surface area contributed by atoms with Crippen LogP contribution in [0.3, 0.4) is 0 Å². The summed E-state index contributed by atoms with van der Waals surface area (Å²) in [4.78, 5) is 17.3. The molecule has 35 heavy (non-hydrogen) atoms. The van der Waals surface area contributed by atoms with E-state index in [0.29, 0.717) is 30.8 Å². The van der Waals surface area contributed by atoms with Crippen LogP contribution in [0.5, 0.6) is 5.75 Å². The normalized spacial score (nSPS) is 14.4. The van der Waals surface area contributed by atoms with E-state index in [2.05, 4.69) is 9.62 Å². The highest BCUT2D eigenvalue weighted by Gasteiger charge is 2.25. The second kappa shape index (κ2) is 10.4. The minimum Gasteiger partial charge on any atom is -0.495 e. The van der Waals surface area contributed by atoms with Crippen LogP contribution >= 0.6 is 0 Å². The number of amides is 1. The molecule has 1 aliphatic heterocycles. The predicted molar refractivity (Wildman–Crippen MR) is 134 cm³/mol. The van der Waals surface area contributed by atoms with Crippen LogP contribution in [0.1, 0.15) is 22.3 Å². The van der Waals surface area contributed by atoms with Crippen LogP contribution in [0.2, 0.25) is 0 Å². The first-order chi connectivity index (χ1) is 16.8. The molecule has 3 aromatic rings. The molecule has 1 aliphatic rings. The van der Waals surface area contributed by atoms with Gasteiger partial charge < -0.3 is 14.5 Å². The summed E-state index contributed by atoms with van der Waals surface area (Å²) in [5.74, 6) is -0.126. The quantitative estimate of drug-likeness (QED) is 0.550. The van der Waals surface area contributed by atoms with Crippen LogP contribution in [0.15, 0.2) is 71.6 Å². The molecule has 1 saturated heterocycles. The Labute approximate surface area is 205 Å². The zero-order chi connectivity index (χ0) is 25.0. The molecule has 9 heteroatoms. The maximum Gasteiger partial charge on any atom is 0.262 e. The standard InChI is InChI=1S/C26H28FN3O4S/c1-19-12-13-20(35(32,33)28-23-9-4-3-8-22(23)27)18-21(19)26(31)30-15-7-14-29(16-17-30)24-10-5-6-11-25(24)34-2/h3-6,8-13,18,28H,7,14-17H2,1-2H3. The molecule has 0 unspecified atom stereocenters. The zero-order valence-corrected chi connectivity index (χ0v) is 20.5. The fraction of sp³-hybridized carbons (Fsp3) is 0.269. The molecule has 4 rings (SSSR count). The Morgan fingerprint density at radius 3 is 2.49 bits per heavy atom. The second-order valence-electron chi connectivity index (χ2n) is 8.37. The lowest BCUT2D eigenvalue weighted by atomic mass is 10.1. The molecule has 3 aromatic carbocycles. The average Bonchev–Trinajstić information content (AvgIpc) is 3.11. The molecule has 0 saturated carbocycles. The SMILES string of the molecule is COc1ccccc1N1CCCN(C(=O)c2cc(S(=O)(=O)Nc3ccccc3F)ccc2C)CC1. The maximum absolute atomic E-state index is 14.0. The molecule has 1 fully saturated rings. The van der Waals surface area contributed by atoms with Gasteiger partial charge in [0.2, 0.25) is 0 Å². The van der Waals surface area contributed by atoms with Crippen molar-refractivity contribution in [3.8, 4) is 5.75 Å². The van der Waals surface area contributed by atoms with Crippen LogP contribution in [-0.4, -0.2) is 52.5 Å². The lowest BCUT2D eigenvalue weighted by molar-refractivity contribution is 0.0766. The largest absolute Gasteiger partial charge is 0.495 e. The van der Waals surface area contributed by atoms with Crippen molar-refractivity contribution in [1.29, 1.82) is 0 Å². The Kier molecular flexibility index (Phi) is 7.25. The van der Waals surface area contributed by atoms with Crippen LogP contribution in [0.4, 0.5) is 15.8 Å². The van der Waals surface area contributed by atoms with E-state index >= 15 is 0 Å². The molecule has 184 valence electrons. The average molecular weight is 498 g/mol. The summed E-state index contributed by atoms with van der Waals surface area (Å²) in [7, 11) is -2.45. The van der Waals surface area contributed by atoms with E-state index in [1.807, 2.05) is 24.3 Å². The fourth-order valence-corrected chi connectivity index (χ4v) is 5.26. The number of methoxy groups -OCH3 is 1. The summed E-state index contributed by atoms with van der Waals surface area (Å²) in [5.41, 5.74) is 1.82. The number of sulfonamides is 1. The molecule has 0 radical (unpaired) electrons. The van der Waals surface area contributed by atoms with Crippen molar-refractivity contribution in [1.82, 2.24) is 4.90 Å². The van der Waals surface area contributed by atoms with E-state index in [4.69, 9.17) is 4.74 Å². The summed E-state index contributed by atoms with van der Waals surface area (Å²) >= 11 is 0. The number of carbonyl (C=O) groups excluding carboxylic acids is 1. The van der Waals surface area contributed by atoms with Crippen LogP contribution in [0, 0.1) is 12.7 Å². The van der Waals surface area contributed by atoms with E-state index in [1.165, 1.54) is 30.3 Å². The number of hydrogen-bond acceptors (Lipinski definition) is 5. The molecular weight excluding hydrogens is 469 g/mol. The highest BCUT2D eigenvalue weighted by atomic mass is 32.2. The van der Waals surface area contributed by atoms with Gasteiger partial charge in [0, 0.05) is 31.7 Å². The van der Waals surface area contributed by atoms with E-state index in [9.17, 15) is 17.6 Å². The number of carbonyl (C=O) groups is 1. The van der Waals surface area contributed by atoms with Crippen molar-refractivity contribution in [3.63, 3.8) is 0 Å². The van der Waals surface area contributed by atoms with Gasteiger partial charge in [-0.05, 0) is 55.3 Å². The van der Waals surface area contributed by atoms with Gasteiger partial charge in [-0.15, -0.1) is 0 Å². The molecule has 1 heterocycles. The van der Waals surface area contributed by atoms with Crippen molar-refractivity contribution >= 4 is 27.3 Å². The minimum atomic E-state index is -4.08. The van der Waals surface area contributed by atoms with Crippen molar-refractivity contribution < 1.29 is 22.3 Å². The first-order valence-corrected chi connectivity index (χ1v) is 12.8. The summed E-state index contributed by atoms with van der Waals surface area (Å²) in [6.07, 6.45) is 0.760. The van der Waals surface area contributed by atoms with E-state index in [1.54, 1.807) is 31.1 Å². The van der Waals surface area contributed by atoms with Gasteiger partial charge in [-0.2, -0.15) is 0 Å². The van der Waals surface area contributed by atoms with Crippen molar-refractivity contribution in [2.45, 2.75) is 18.2 Å². The van der Waals surface area contributed by atoms with E-state index < -0.39 is 15.8 Å². The van der Waals surface area contributed by atoms with Gasteiger partial charge >= 0.3 is 0 Å². The Balaban J connectivity index is 1.54. The molecule has 0 aromatic heterocycles. The van der Waals surface area contributed by atoms with Crippen molar-refractivity contribution in [2.75, 3.05) is 42.9 Å². The van der Waals surface area contributed by atoms with Gasteiger partial charge in [0.1, 0.15) is 11.6 Å². The van der Waals surface area contributed by atoms with Gasteiger partial charge in [-0.1, -0.05) is 30.3 Å². The molecule has 1 amide bonds. The first kappa shape index (κ1) is 24.5. The van der Waals surface area contributed by atoms with Crippen LogP contribution in [-0.2, 0) is 10.0 Å². The minimum absolute atomic E-state index is 0.0971. The van der Waals surface area contributed by atoms with E-state index in [0.717, 1.165) is 24.4 Å². The number of para-hydroxylation sites is 3. The van der Waals surface area contributed by atoms with Crippen molar-refractivity contribution in [3.05, 3.63) is 83.7 Å². The molecular formula is C26H28FN3O4S. The molecule has 0 aliphatic carbocycles. The van der Waals surface area contributed by atoms with Crippen LogP contribution in [0.25, 0.3) is 0 Å². The highest BCUT2D eigenvalue weighted by Crippen LogP contribution is 2.29. The third kappa shape index (κ3) is 5.40. The Morgan fingerprint density at radius 2 is 1.71 bits per heavy atom. The number of nitrogens with one attached hydrogen (secondary N) is 1. The number of rotatable bonds is 6. The second-order valence-corrected chi connectivity index (χ2v) is 10.0. The van der Waals surface area contributed by atoms with Crippen LogP contribution < -0.4 is 14.4 Å². The molecule has 0 bridgehead atoms. The third-order valence-corrected chi connectivity index (χ3v) is 7.44. The summed E-state index contributed by atoms with van der Waals surface area (Å²) in [6.45, 7) is 4.20. The van der Waals surface area contributed by atoms with Gasteiger partial charge in [0.15, 0.2) is 0 Å². The lowest BCUT2D eigenvalue weighted by Gasteiger charge is -2.25. The molecule has 7 nitrogen and oxygen atoms in total. The highest BCUT2D eigenvalue weighted by molar-refractivity contribution is 7.92. The van der Waals surface area contributed by atoms with E-state index in [-0.39, 0.29) is 16.5 Å². The number of nitrogens with zero attached hydrogens (tertiary/aromatic N) is 2. The van der Waals surface area contributed by atoms with Gasteiger partial charge in [-0.25, -0.2) is 12.8 Å². The number of aryl methyl sites for hydroxylation is 1. The Hall–Kier alpha value is -3.59.